The van der Waals surface area contributed by atoms with Crippen LogP contribution in [-0.2, 0) is 0 Å². The fourth-order valence-corrected chi connectivity index (χ4v) is 2.39. The van der Waals surface area contributed by atoms with E-state index in [1.807, 2.05) is 6.20 Å². The molecular formula is C9H15N3S. The van der Waals surface area contributed by atoms with Crippen molar-refractivity contribution in [1.29, 1.82) is 0 Å². The molecule has 1 fully saturated rings. The Morgan fingerprint density at radius 3 is 2.77 bits per heavy atom. The third kappa shape index (κ3) is 1.94. The molecule has 72 valence electrons. The van der Waals surface area contributed by atoms with Crippen molar-refractivity contribution in [2.24, 2.45) is 5.92 Å². The number of aromatic nitrogens is 1. The lowest BCUT2D eigenvalue weighted by Crippen LogP contribution is -2.32. The van der Waals surface area contributed by atoms with Gasteiger partial charge in [-0.25, -0.2) is 4.98 Å². The summed E-state index contributed by atoms with van der Waals surface area (Å²) in [7, 11) is 0. The molecule has 1 aromatic heterocycles. The average Bonchev–Trinajstić information content (AvgIpc) is 2.53. The lowest BCUT2D eigenvalue weighted by atomic mass is 10.00. The Morgan fingerprint density at radius 2 is 2.23 bits per heavy atom. The van der Waals surface area contributed by atoms with Crippen LogP contribution in [0.5, 0.6) is 0 Å². The number of hydrogen-bond donors (Lipinski definition) is 1. The summed E-state index contributed by atoms with van der Waals surface area (Å²) in [5, 5.41) is 1.90. The molecule has 0 atom stereocenters. The molecule has 1 saturated heterocycles. The Morgan fingerprint density at radius 1 is 1.54 bits per heavy atom. The van der Waals surface area contributed by atoms with E-state index in [1.54, 1.807) is 11.3 Å². The van der Waals surface area contributed by atoms with Gasteiger partial charge in [0, 0.05) is 13.1 Å². The van der Waals surface area contributed by atoms with Crippen molar-refractivity contribution in [3.05, 3.63) is 6.20 Å². The highest BCUT2D eigenvalue weighted by molar-refractivity contribution is 7.19. The average molecular weight is 197 g/mol. The van der Waals surface area contributed by atoms with Crippen LogP contribution in [0.1, 0.15) is 19.8 Å². The van der Waals surface area contributed by atoms with Crippen molar-refractivity contribution < 1.29 is 0 Å². The topological polar surface area (TPSA) is 42.2 Å². The van der Waals surface area contributed by atoms with E-state index in [9.17, 15) is 0 Å². The number of nitrogens with two attached hydrogens (primary N) is 1. The summed E-state index contributed by atoms with van der Waals surface area (Å²) < 4.78 is 0. The minimum absolute atomic E-state index is 0.675. The molecule has 0 aromatic carbocycles. The molecule has 1 aliphatic heterocycles. The van der Waals surface area contributed by atoms with Gasteiger partial charge in [-0.05, 0) is 18.8 Å². The highest BCUT2D eigenvalue weighted by Crippen LogP contribution is 2.28. The zero-order chi connectivity index (χ0) is 9.26. The largest absolute Gasteiger partial charge is 0.375 e. The Bertz CT molecular complexity index is 276. The highest BCUT2D eigenvalue weighted by atomic mass is 32.1. The quantitative estimate of drug-likeness (QED) is 0.748. The van der Waals surface area contributed by atoms with E-state index < -0.39 is 0 Å². The molecule has 2 N–H and O–H groups in total. The van der Waals surface area contributed by atoms with Crippen LogP contribution in [-0.4, -0.2) is 18.1 Å². The highest BCUT2D eigenvalue weighted by Gasteiger charge is 2.17. The van der Waals surface area contributed by atoms with E-state index in [0.717, 1.165) is 19.0 Å². The summed E-state index contributed by atoms with van der Waals surface area (Å²) in [5.74, 6) is 0.876. The fourth-order valence-electron chi connectivity index (χ4n) is 1.65. The summed E-state index contributed by atoms with van der Waals surface area (Å²) >= 11 is 1.59. The van der Waals surface area contributed by atoms with Gasteiger partial charge in [-0.3, -0.25) is 0 Å². The minimum atomic E-state index is 0.675. The SMILES string of the molecule is CC1CCN(c2cnc(N)s2)CC1. The van der Waals surface area contributed by atoms with Crippen molar-refractivity contribution in [2.75, 3.05) is 23.7 Å². The molecule has 13 heavy (non-hydrogen) atoms. The van der Waals surface area contributed by atoms with Gasteiger partial charge in [0.2, 0.25) is 0 Å². The predicted octanol–water partition coefficient (Wildman–Crippen LogP) is 1.96. The first kappa shape index (κ1) is 8.81. The molecule has 4 heteroatoms. The van der Waals surface area contributed by atoms with Gasteiger partial charge in [0.15, 0.2) is 5.13 Å². The van der Waals surface area contributed by atoms with Gasteiger partial charge < -0.3 is 10.6 Å². The van der Waals surface area contributed by atoms with Crippen LogP contribution in [0.3, 0.4) is 0 Å². The number of thiazole rings is 1. The number of anilines is 2. The summed E-state index contributed by atoms with van der Waals surface area (Å²) in [4.78, 5) is 6.45. The van der Waals surface area contributed by atoms with Gasteiger partial charge in [0.05, 0.1) is 6.20 Å². The molecule has 2 heterocycles. The fraction of sp³-hybridized carbons (Fsp3) is 0.667. The van der Waals surface area contributed by atoms with E-state index >= 15 is 0 Å². The van der Waals surface area contributed by atoms with E-state index in [2.05, 4.69) is 16.8 Å². The number of nitrogen functional groups attached to an aromatic ring is 1. The van der Waals surface area contributed by atoms with Gasteiger partial charge in [-0.2, -0.15) is 0 Å². The third-order valence-electron chi connectivity index (χ3n) is 2.61. The Hall–Kier alpha value is -0.770. The lowest BCUT2D eigenvalue weighted by Gasteiger charge is -2.30. The first-order valence-electron chi connectivity index (χ1n) is 4.72. The Kier molecular flexibility index (Phi) is 2.40. The van der Waals surface area contributed by atoms with Crippen molar-refractivity contribution in [3.63, 3.8) is 0 Å². The zero-order valence-electron chi connectivity index (χ0n) is 7.86. The van der Waals surface area contributed by atoms with Crippen molar-refractivity contribution in [1.82, 2.24) is 4.98 Å². The van der Waals surface area contributed by atoms with E-state index in [0.29, 0.717) is 5.13 Å². The van der Waals surface area contributed by atoms with E-state index in [4.69, 9.17) is 5.73 Å². The Labute approximate surface area is 82.6 Å². The first-order chi connectivity index (χ1) is 6.25. The molecule has 1 aromatic rings. The number of rotatable bonds is 1. The second-order valence-corrected chi connectivity index (χ2v) is 4.75. The molecule has 1 aliphatic rings. The van der Waals surface area contributed by atoms with Gasteiger partial charge in [0.25, 0.3) is 0 Å². The maximum Gasteiger partial charge on any atom is 0.181 e. The maximum atomic E-state index is 5.59. The van der Waals surface area contributed by atoms with Crippen molar-refractivity contribution in [2.45, 2.75) is 19.8 Å². The molecule has 0 saturated carbocycles. The zero-order valence-corrected chi connectivity index (χ0v) is 8.68. The number of nitrogens with zero attached hydrogens (tertiary/aromatic N) is 2. The van der Waals surface area contributed by atoms with Crippen LogP contribution in [0.15, 0.2) is 6.20 Å². The van der Waals surface area contributed by atoms with E-state index in [-0.39, 0.29) is 0 Å². The lowest BCUT2D eigenvalue weighted by molar-refractivity contribution is 0.439. The summed E-state index contributed by atoms with van der Waals surface area (Å²) in [6.07, 6.45) is 4.46. The molecule has 0 amide bonds. The van der Waals surface area contributed by atoms with Crippen LogP contribution in [0.2, 0.25) is 0 Å². The molecule has 3 nitrogen and oxygen atoms in total. The van der Waals surface area contributed by atoms with Crippen molar-refractivity contribution >= 4 is 21.5 Å². The van der Waals surface area contributed by atoms with Crippen LogP contribution in [0.4, 0.5) is 10.1 Å². The summed E-state index contributed by atoms with van der Waals surface area (Å²) in [6, 6.07) is 0. The molecule has 2 rings (SSSR count). The van der Waals surface area contributed by atoms with Crippen LogP contribution in [0, 0.1) is 5.92 Å². The van der Waals surface area contributed by atoms with Crippen LogP contribution in [0.25, 0.3) is 0 Å². The predicted molar refractivity (Wildman–Crippen MR) is 57.1 cm³/mol. The molecular weight excluding hydrogens is 182 g/mol. The number of piperidine rings is 1. The molecule has 0 radical (unpaired) electrons. The van der Waals surface area contributed by atoms with E-state index in [1.165, 1.54) is 17.8 Å². The monoisotopic (exact) mass is 197 g/mol. The molecule has 0 bridgehead atoms. The number of hydrogen-bond acceptors (Lipinski definition) is 4. The third-order valence-corrected chi connectivity index (χ3v) is 3.49. The van der Waals surface area contributed by atoms with Crippen LogP contribution >= 0.6 is 11.3 Å². The van der Waals surface area contributed by atoms with Crippen molar-refractivity contribution in [3.8, 4) is 0 Å². The van der Waals surface area contributed by atoms with Gasteiger partial charge in [0.1, 0.15) is 5.00 Å². The minimum Gasteiger partial charge on any atom is -0.375 e. The van der Waals surface area contributed by atoms with Crippen LogP contribution < -0.4 is 10.6 Å². The smallest absolute Gasteiger partial charge is 0.181 e. The first-order valence-corrected chi connectivity index (χ1v) is 5.53. The normalized spacial score (nSPS) is 19.3. The van der Waals surface area contributed by atoms with Gasteiger partial charge >= 0.3 is 0 Å². The van der Waals surface area contributed by atoms with Gasteiger partial charge in [-0.15, -0.1) is 0 Å². The Balaban J connectivity index is 2.02. The van der Waals surface area contributed by atoms with Gasteiger partial charge in [-0.1, -0.05) is 18.3 Å². The second-order valence-electron chi connectivity index (χ2n) is 3.71. The second kappa shape index (κ2) is 3.54. The molecule has 0 aliphatic carbocycles. The summed E-state index contributed by atoms with van der Waals surface area (Å²) in [6.45, 7) is 4.63. The summed E-state index contributed by atoms with van der Waals surface area (Å²) in [5.41, 5.74) is 5.59. The maximum absolute atomic E-state index is 5.59. The molecule has 0 spiro atoms. The molecule has 0 unspecified atom stereocenters. The standard InChI is InChI=1S/C9H15N3S/c1-7-2-4-12(5-3-7)8-6-11-9(10)13-8/h6-7H,2-5H2,1H3,(H2,10,11).